The third-order valence-electron chi connectivity index (χ3n) is 3.52. The zero-order chi connectivity index (χ0) is 17.6. The average Bonchev–Trinajstić information content (AvgIpc) is 2.61. The summed E-state index contributed by atoms with van der Waals surface area (Å²) < 4.78 is 0. The number of anilines is 1. The van der Waals surface area contributed by atoms with Crippen molar-refractivity contribution in [3.63, 3.8) is 0 Å². The van der Waals surface area contributed by atoms with Gasteiger partial charge in [0.05, 0.1) is 12.1 Å². The number of benzene rings is 2. The normalized spacial score (nSPS) is 10.7. The highest BCUT2D eigenvalue weighted by Crippen LogP contribution is 2.13. The van der Waals surface area contributed by atoms with Gasteiger partial charge < -0.3 is 5.32 Å². The minimum absolute atomic E-state index is 0.0501. The van der Waals surface area contributed by atoms with E-state index < -0.39 is 5.54 Å². The van der Waals surface area contributed by atoms with E-state index in [9.17, 15) is 9.59 Å². The highest BCUT2D eigenvalue weighted by atomic mass is 16.2. The van der Waals surface area contributed by atoms with Gasteiger partial charge in [-0.15, -0.1) is 6.42 Å². The molecule has 0 aliphatic heterocycles. The average molecular weight is 320 g/mol. The first-order valence-corrected chi connectivity index (χ1v) is 7.64. The van der Waals surface area contributed by atoms with Crippen LogP contribution in [-0.2, 0) is 4.79 Å². The fraction of sp³-hybridized carbons (Fsp3) is 0.200. The lowest BCUT2D eigenvalue weighted by atomic mass is 10.0. The molecule has 0 spiro atoms. The van der Waals surface area contributed by atoms with Gasteiger partial charge in [-0.1, -0.05) is 36.3 Å². The smallest absolute Gasteiger partial charge is 0.238 e. The highest BCUT2D eigenvalue weighted by molar-refractivity contribution is 6.09. The van der Waals surface area contributed by atoms with Crippen LogP contribution in [0.2, 0.25) is 0 Å². The van der Waals surface area contributed by atoms with Crippen LogP contribution in [0.5, 0.6) is 0 Å². The molecule has 24 heavy (non-hydrogen) atoms. The topological polar surface area (TPSA) is 58.2 Å². The first-order chi connectivity index (χ1) is 11.4. The number of ketones is 1. The van der Waals surface area contributed by atoms with E-state index in [0.29, 0.717) is 16.8 Å². The molecule has 0 aromatic heterocycles. The van der Waals surface area contributed by atoms with Crippen LogP contribution in [0.15, 0.2) is 54.6 Å². The van der Waals surface area contributed by atoms with Gasteiger partial charge in [-0.2, -0.15) is 0 Å². The summed E-state index contributed by atoms with van der Waals surface area (Å²) >= 11 is 0. The lowest BCUT2D eigenvalue weighted by Crippen LogP contribution is -2.42. The number of amides is 1. The number of carbonyl (C=O) groups excluding carboxylic acids is 2. The number of rotatable bonds is 6. The molecule has 0 aliphatic carbocycles. The number of hydrogen-bond donors (Lipinski definition) is 2. The molecule has 0 saturated heterocycles. The zero-order valence-corrected chi connectivity index (χ0v) is 13.8. The molecule has 122 valence electrons. The van der Waals surface area contributed by atoms with Crippen LogP contribution in [0.25, 0.3) is 0 Å². The fourth-order valence-corrected chi connectivity index (χ4v) is 2.02. The molecule has 0 radical (unpaired) electrons. The first-order valence-electron chi connectivity index (χ1n) is 7.64. The van der Waals surface area contributed by atoms with Gasteiger partial charge in [-0.05, 0) is 38.1 Å². The quantitative estimate of drug-likeness (QED) is 0.635. The Balaban J connectivity index is 1.96. The van der Waals surface area contributed by atoms with Crippen molar-refractivity contribution in [3.05, 3.63) is 65.7 Å². The molecular formula is C20H20N2O2. The van der Waals surface area contributed by atoms with Gasteiger partial charge in [0.1, 0.15) is 0 Å². The van der Waals surface area contributed by atoms with Crippen LogP contribution >= 0.6 is 0 Å². The van der Waals surface area contributed by atoms with Crippen molar-refractivity contribution in [1.29, 1.82) is 0 Å². The van der Waals surface area contributed by atoms with Crippen molar-refractivity contribution in [2.75, 3.05) is 11.9 Å². The molecule has 0 fully saturated rings. The first kappa shape index (κ1) is 17.5. The maximum atomic E-state index is 12.3. The number of carbonyl (C=O) groups is 2. The number of terminal acetylenes is 1. The van der Waals surface area contributed by atoms with Crippen LogP contribution in [0.3, 0.4) is 0 Å². The predicted molar refractivity (Wildman–Crippen MR) is 95.9 cm³/mol. The standard InChI is InChI=1S/C20H20N2O2/c1-4-20(2,3)21-14-18(23)22-17-12-10-16(11-13-17)19(24)15-8-6-5-7-9-15/h1,5-13,21H,14H2,2-3H3,(H,22,23). The maximum absolute atomic E-state index is 12.3. The predicted octanol–water partition coefficient (Wildman–Crippen LogP) is 2.86. The second-order valence-electron chi connectivity index (χ2n) is 5.94. The van der Waals surface area contributed by atoms with Gasteiger partial charge in [-0.3, -0.25) is 14.9 Å². The monoisotopic (exact) mass is 320 g/mol. The molecule has 0 unspecified atom stereocenters. The van der Waals surface area contributed by atoms with Gasteiger partial charge >= 0.3 is 0 Å². The summed E-state index contributed by atoms with van der Waals surface area (Å²) in [7, 11) is 0. The fourth-order valence-electron chi connectivity index (χ4n) is 2.02. The second-order valence-corrected chi connectivity index (χ2v) is 5.94. The third kappa shape index (κ3) is 4.80. The molecule has 0 aliphatic rings. The van der Waals surface area contributed by atoms with Crippen molar-refractivity contribution in [2.45, 2.75) is 19.4 Å². The Hall–Kier alpha value is -2.90. The Morgan fingerprint density at radius 1 is 1.00 bits per heavy atom. The third-order valence-corrected chi connectivity index (χ3v) is 3.52. The molecule has 0 bridgehead atoms. The summed E-state index contributed by atoms with van der Waals surface area (Å²) in [6.07, 6.45) is 5.36. The molecule has 4 nitrogen and oxygen atoms in total. The van der Waals surface area contributed by atoms with E-state index in [4.69, 9.17) is 6.42 Å². The van der Waals surface area contributed by atoms with E-state index in [1.807, 2.05) is 32.0 Å². The maximum Gasteiger partial charge on any atom is 0.238 e. The molecule has 0 atom stereocenters. The van der Waals surface area contributed by atoms with Gasteiger partial charge in [0.25, 0.3) is 0 Å². The largest absolute Gasteiger partial charge is 0.325 e. The number of hydrogen-bond acceptors (Lipinski definition) is 3. The molecule has 2 rings (SSSR count). The van der Waals surface area contributed by atoms with E-state index in [-0.39, 0.29) is 18.2 Å². The zero-order valence-electron chi connectivity index (χ0n) is 13.8. The van der Waals surface area contributed by atoms with Gasteiger partial charge in [-0.25, -0.2) is 0 Å². The highest BCUT2D eigenvalue weighted by Gasteiger charge is 2.14. The summed E-state index contributed by atoms with van der Waals surface area (Å²) in [6.45, 7) is 3.76. The van der Waals surface area contributed by atoms with Crippen molar-refractivity contribution in [3.8, 4) is 12.3 Å². The van der Waals surface area contributed by atoms with E-state index in [1.165, 1.54) is 0 Å². The van der Waals surface area contributed by atoms with Crippen LogP contribution in [0.4, 0.5) is 5.69 Å². The molecule has 2 N–H and O–H groups in total. The molecule has 2 aromatic rings. The summed E-state index contributed by atoms with van der Waals surface area (Å²) in [5.74, 6) is 2.32. The van der Waals surface area contributed by atoms with Crippen LogP contribution in [0, 0.1) is 12.3 Å². The van der Waals surface area contributed by atoms with Crippen molar-refractivity contribution < 1.29 is 9.59 Å². The second kappa shape index (κ2) is 7.58. The van der Waals surface area contributed by atoms with Crippen LogP contribution < -0.4 is 10.6 Å². The van der Waals surface area contributed by atoms with Crippen LogP contribution in [0.1, 0.15) is 29.8 Å². The molecule has 0 saturated carbocycles. The van der Waals surface area contributed by atoms with Crippen molar-refractivity contribution in [2.24, 2.45) is 0 Å². The molecule has 4 heteroatoms. The summed E-state index contributed by atoms with van der Waals surface area (Å²) in [5, 5.41) is 5.74. The Labute approximate surface area is 142 Å². The lowest BCUT2D eigenvalue weighted by molar-refractivity contribution is -0.115. The van der Waals surface area contributed by atoms with Crippen LogP contribution in [-0.4, -0.2) is 23.8 Å². The van der Waals surface area contributed by atoms with Gasteiger partial charge in [0, 0.05) is 16.8 Å². The van der Waals surface area contributed by atoms with E-state index in [0.717, 1.165) is 0 Å². The molecule has 0 heterocycles. The minimum Gasteiger partial charge on any atom is -0.325 e. The summed E-state index contributed by atoms with van der Waals surface area (Å²) in [4.78, 5) is 24.2. The lowest BCUT2D eigenvalue weighted by Gasteiger charge is -2.19. The van der Waals surface area contributed by atoms with Crippen molar-refractivity contribution in [1.82, 2.24) is 5.32 Å². The Kier molecular flexibility index (Phi) is 5.51. The van der Waals surface area contributed by atoms with Crippen molar-refractivity contribution >= 4 is 17.4 Å². The molecule has 2 aromatic carbocycles. The Bertz CT molecular complexity index is 756. The van der Waals surface area contributed by atoms with Gasteiger partial charge in [0.2, 0.25) is 5.91 Å². The van der Waals surface area contributed by atoms with E-state index in [2.05, 4.69) is 16.6 Å². The summed E-state index contributed by atoms with van der Waals surface area (Å²) in [6, 6.07) is 15.9. The molecule has 1 amide bonds. The van der Waals surface area contributed by atoms with Gasteiger partial charge in [0.15, 0.2) is 5.78 Å². The van der Waals surface area contributed by atoms with E-state index >= 15 is 0 Å². The van der Waals surface area contributed by atoms with E-state index in [1.54, 1.807) is 36.4 Å². The SMILES string of the molecule is C#CC(C)(C)NCC(=O)Nc1ccc(C(=O)c2ccccc2)cc1. The molecular weight excluding hydrogens is 300 g/mol. The number of nitrogens with one attached hydrogen (secondary N) is 2. The Morgan fingerprint density at radius 2 is 1.58 bits per heavy atom. The minimum atomic E-state index is -0.538. The Morgan fingerprint density at radius 3 is 2.17 bits per heavy atom. The summed E-state index contributed by atoms with van der Waals surface area (Å²) in [5.41, 5.74) is 1.30.